The van der Waals surface area contributed by atoms with Crippen molar-refractivity contribution in [1.82, 2.24) is 14.0 Å². The van der Waals surface area contributed by atoms with Crippen molar-refractivity contribution in [3.05, 3.63) is 64.6 Å². The predicted octanol–water partition coefficient (Wildman–Crippen LogP) is 3.31. The van der Waals surface area contributed by atoms with Crippen molar-refractivity contribution in [2.75, 3.05) is 14.2 Å². The van der Waals surface area contributed by atoms with Gasteiger partial charge in [0.1, 0.15) is 5.75 Å². The topological polar surface area (TPSA) is 39.4 Å². The number of ether oxygens (including phenoxy) is 1. The molecule has 0 bridgehead atoms. The summed E-state index contributed by atoms with van der Waals surface area (Å²) in [7, 11) is 3.70. The first kappa shape index (κ1) is 17.3. The number of nitrogens with zero attached hydrogens (tertiary/aromatic N) is 3. The third kappa shape index (κ3) is 3.61. The Labute approximate surface area is 148 Å². The molecule has 0 fully saturated rings. The number of benzene rings is 2. The lowest BCUT2D eigenvalue weighted by atomic mass is 10.2. The van der Waals surface area contributed by atoms with Gasteiger partial charge >= 0.3 is 5.69 Å². The third-order valence-corrected chi connectivity index (χ3v) is 4.37. The fourth-order valence-corrected chi connectivity index (χ4v) is 3.18. The highest BCUT2D eigenvalue weighted by molar-refractivity contribution is 5.75. The van der Waals surface area contributed by atoms with Gasteiger partial charge in [-0.15, -0.1) is 0 Å². The number of rotatable bonds is 7. The highest BCUT2D eigenvalue weighted by Crippen LogP contribution is 2.15. The summed E-state index contributed by atoms with van der Waals surface area (Å²) >= 11 is 0. The Bertz CT molecular complexity index is 893. The number of aromatic nitrogens is 2. The maximum atomic E-state index is 12.8. The third-order valence-electron chi connectivity index (χ3n) is 4.37. The van der Waals surface area contributed by atoms with E-state index in [4.69, 9.17) is 4.74 Å². The van der Waals surface area contributed by atoms with Gasteiger partial charge in [0.25, 0.3) is 0 Å². The zero-order valence-corrected chi connectivity index (χ0v) is 15.1. The van der Waals surface area contributed by atoms with Gasteiger partial charge in [0.05, 0.1) is 24.8 Å². The average Bonchev–Trinajstić information content (AvgIpc) is 2.89. The monoisotopic (exact) mass is 339 g/mol. The largest absolute Gasteiger partial charge is 0.497 e. The second-order valence-corrected chi connectivity index (χ2v) is 6.35. The first-order chi connectivity index (χ1) is 12.1. The van der Waals surface area contributed by atoms with Crippen LogP contribution in [0.2, 0.25) is 0 Å². The maximum Gasteiger partial charge on any atom is 0.330 e. The Hall–Kier alpha value is -2.53. The minimum atomic E-state index is 0.0598. The molecule has 25 heavy (non-hydrogen) atoms. The van der Waals surface area contributed by atoms with Crippen LogP contribution in [0.3, 0.4) is 0 Å². The molecule has 0 saturated heterocycles. The summed E-state index contributed by atoms with van der Waals surface area (Å²) in [6, 6.07) is 16.0. The molecule has 3 rings (SSSR count). The first-order valence-electron chi connectivity index (χ1n) is 8.63. The van der Waals surface area contributed by atoms with Gasteiger partial charge < -0.3 is 4.74 Å². The van der Waals surface area contributed by atoms with Crippen LogP contribution in [0.1, 0.15) is 18.9 Å². The summed E-state index contributed by atoms with van der Waals surface area (Å²) in [5, 5.41) is 0. The highest BCUT2D eigenvalue weighted by atomic mass is 16.5. The minimum Gasteiger partial charge on any atom is -0.497 e. The van der Waals surface area contributed by atoms with Crippen LogP contribution in [-0.4, -0.2) is 28.2 Å². The van der Waals surface area contributed by atoms with Crippen LogP contribution < -0.4 is 10.4 Å². The summed E-state index contributed by atoms with van der Waals surface area (Å²) in [5.41, 5.74) is 3.24. The molecule has 0 atom stereocenters. The summed E-state index contributed by atoms with van der Waals surface area (Å²) in [5.74, 6) is 0.852. The van der Waals surface area contributed by atoms with E-state index in [1.165, 1.54) is 5.56 Å². The Morgan fingerprint density at radius 2 is 1.64 bits per heavy atom. The number of methoxy groups -OCH3 is 1. The Balaban J connectivity index is 1.84. The first-order valence-corrected chi connectivity index (χ1v) is 8.63. The molecule has 2 aromatic carbocycles. The van der Waals surface area contributed by atoms with E-state index in [0.29, 0.717) is 6.67 Å². The quantitative estimate of drug-likeness (QED) is 0.663. The van der Waals surface area contributed by atoms with Crippen molar-refractivity contribution in [3.8, 4) is 5.75 Å². The second kappa shape index (κ2) is 7.57. The number of fused-ring (bicyclic) bond motifs is 1. The number of aryl methyl sites for hydroxylation is 1. The molecular weight excluding hydrogens is 314 g/mol. The van der Waals surface area contributed by atoms with E-state index in [1.807, 2.05) is 52.6 Å². The molecule has 0 saturated carbocycles. The number of imidazole rings is 1. The fraction of sp³-hybridized carbons (Fsp3) is 0.350. The van der Waals surface area contributed by atoms with Crippen LogP contribution in [0.15, 0.2) is 53.3 Å². The molecule has 0 amide bonds. The van der Waals surface area contributed by atoms with E-state index in [2.05, 4.69) is 24.0 Å². The minimum absolute atomic E-state index is 0.0598. The van der Waals surface area contributed by atoms with E-state index in [9.17, 15) is 4.79 Å². The molecule has 0 N–H and O–H groups in total. The SMILES string of the molecule is CCCn1c(=O)n(CN(C)Cc2ccc(OC)cc2)c2ccccc21. The van der Waals surface area contributed by atoms with Gasteiger partial charge in [-0.1, -0.05) is 31.2 Å². The Kier molecular flexibility index (Phi) is 5.24. The van der Waals surface area contributed by atoms with Crippen LogP contribution in [0, 0.1) is 0 Å². The summed E-state index contributed by atoms with van der Waals surface area (Å²) in [6.45, 7) is 4.16. The lowest BCUT2D eigenvalue weighted by Gasteiger charge is -2.17. The van der Waals surface area contributed by atoms with Crippen LogP contribution in [0.4, 0.5) is 0 Å². The zero-order chi connectivity index (χ0) is 17.8. The number of para-hydroxylation sites is 2. The van der Waals surface area contributed by atoms with Crippen molar-refractivity contribution < 1.29 is 4.74 Å². The molecular formula is C20H25N3O2. The van der Waals surface area contributed by atoms with Crippen LogP contribution in [-0.2, 0) is 19.8 Å². The molecule has 0 aliphatic rings. The maximum absolute atomic E-state index is 12.8. The van der Waals surface area contributed by atoms with E-state index in [-0.39, 0.29) is 5.69 Å². The van der Waals surface area contributed by atoms with E-state index < -0.39 is 0 Å². The molecule has 5 heteroatoms. The van der Waals surface area contributed by atoms with Gasteiger partial charge in [-0.2, -0.15) is 0 Å². The van der Waals surface area contributed by atoms with E-state index in [1.54, 1.807) is 7.11 Å². The van der Waals surface area contributed by atoms with Crippen molar-refractivity contribution in [2.45, 2.75) is 33.1 Å². The number of hydrogen-bond acceptors (Lipinski definition) is 3. The molecule has 1 aromatic heterocycles. The van der Waals surface area contributed by atoms with Crippen molar-refractivity contribution >= 4 is 11.0 Å². The van der Waals surface area contributed by atoms with E-state index >= 15 is 0 Å². The summed E-state index contributed by atoms with van der Waals surface area (Å²) in [6.07, 6.45) is 0.940. The predicted molar refractivity (Wildman–Crippen MR) is 101 cm³/mol. The average molecular weight is 339 g/mol. The molecule has 5 nitrogen and oxygen atoms in total. The second-order valence-electron chi connectivity index (χ2n) is 6.35. The van der Waals surface area contributed by atoms with Gasteiger partial charge in [0.15, 0.2) is 0 Å². The zero-order valence-electron chi connectivity index (χ0n) is 15.1. The lowest BCUT2D eigenvalue weighted by Crippen LogP contribution is -2.31. The molecule has 3 aromatic rings. The Morgan fingerprint density at radius 3 is 2.24 bits per heavy atom. The van der Waals surface area contributed by atoms with Gasteiger partial charge in [-0.3, -0.25) is 14.0 Å². The molecule has 0 spiro atoms. The summed E-state index contributed by atoms with van der Waals surface area (Å²) in [4.78, 5) is 15.0. The highest BCUT2D eigenvalue weighted by Gasteiger charge is 2.13. The van der Waals surface area contributed by atoms with Crippen molar-refractivity contribution in [2.24, 2.45) is 0 Å². The van der Waals surface area contributed by atoms with Crippen molar-refractivity contribution in [1.29, 1.82) is 0 Å². The Morgan fingerprint density at radius 1 is 1.00 bits per heavy atom. The fourth-order valence-electron chi connectivity index (χ4n) is 3.18. The smallest absolute Gasteiger partial charge is 0.330 e. The normalized spacial score (nSPS) is 11.4. The van der Waals surface area contributed by atoms with Crippen molar-refractivity contribution in [3.63, 3.8) is 0 Å². The van der Waals surface area contributed by atoms with Gasteiger partial charge in [-0.25, -0.2) is 4.79 Å². The summed E-state index contributed by atoms with van der Waals surface area (Å²) < 4.78 is 8.92. The van der Waals surface area contributed by atoms with E-state index in [0.717, 1.165) is 36.3 Å². The van der Waals surface area contributed by atoms with Gasteiger partial charge in [-0.05, 0) is 43.3 Å². The van der Waals surface area contributed by atoms with Crippen LogP contribution in [0.5, 0.6) is 5.75 Å². The molecule has 0 radical (unpaired) electrons. The lowest BCUT2D eigenvalue weighted by molar-refractivity contribution is 0.259. The van der Waals surface area contributed by atoms with Gasteiger partial charge in [0, 0.05) is 13.1 Å². The molecule has 1 heterocycles. The molecule has 0 aliphatic heterocycles. The molecule has 0 unspecified atom stereocenters. The standard InChI is InChI=1S/C20H25N3O2/c1-4-13-22-18-7-5-6-8-19(18)23(20(22)24)15-21(2)14-16-9-11-17(25-3)12-10-16/h5-12H,4,13-15H2,1-3H3. The van der Waals surface area contributed by atoms with Crippen LogP contribution >= 0.6 is 0 Å². The van der Waals surface area contributed by atoms with Gasteiger partial charge in [0.2, 0.25) is 0 Å². The molecule has 0 aliphatic carbocycles. The van der Waals surface area contributed by atoms with Crippen LogP contribution in [0.25, 0.3) is 11.0 Å². The molecule has 132 valence electrons. The number of hydrogen-bond donors (Lipinski definition) is 0.